The number of fused-ring (bicyclic) bond motifs is 28. The number of para-hydroxylation sites is 5. The maximum atomic E-state index is 5.53. The molecule has 0 atom stereocenters. The normalized spacial score (nSPS) is 12.7. The van der Waals surface area contributed by atoms with Crippen LogP contribution in [0.3, 0.4) is 0 Å². The number of aromatic nitrogens is 8. The average molecular weight is 1240 g/mol. The second kappa shape index (κ2) is 18.3. The largest absolute Gasteiger partial charge is 0.309 e. The van der Waals surface area contributed by atoms with Crippen LogP contribution in [0.25, 0.3) is 219 Å². The van der Waals surface area contributed by atoms with Crippen LogP contribution in [0, 0.1) is 0 Å². The van der Waals surface area contributed by atoms with E-state index in [2.05, 4.69) is 324 Å². The highest BCUT2D eigenvalue weighted by Gasteiger charge is 2.29. The van der Waals surface area contributed by atoms with E-state index in [1.54, 1.807) is 0 Å². The standard InChI is InChI=1S/C90H50N8/c1-2-21-57(22-3-1)95-78-39-37-59(46-66(78)64-27-16-40-91-90(64)95)94-75-29-13-9-24-61(75)68-48-71-65-41-56(34-38-79(65)97-81-45-55-20-7-4-17-52(55)42-72(81)84(86(68)94)88(71)97)51-32-35-58(36-33-51)93-74-28-12-8-23-60(74)67-49-83(92-50-82(67)93)98-77-31-15-11-26-63(77)70-47-69-62-25-10-14-30-76(62)96-80-44-54-19-6-5-18-53(54)43-73(80)85(87(69)96)89(70)98/h1-50H. The molecule has 0 unspecified atom stereocenters. The third-order valence-electron chi connectivity index (χ3n) is 22.0. The monoisotopic (exact) mass is 1240 g/mol. The van der Waals surface area contributed by atoms with Gasteiger partial charge in [-0.25, -0.2) is 9.97 Å². The van der Waals surface area contributed by atoms with E-state index in [1.807, 2.05) is 6.20 Å². The molecule has 0 fully saturated rings. The molecular weight excluding hydrogens is 1190 g/mol. The van der Waals surface area contributed by atoms with Crippen molar-refractivity contribution in [3.8, 4) is 34.0 Å². The molecule has 24 rings (SSSR count). The first-order valence-corrected chi connectivity index (χ1v) is 33.7. The first kappa shape index (κ1) is 51.2. The molecule has 0 saturated heterocycles. The first-order chi connectivity index (χ1) is 48.6. The van der Waals surface area contributed by atoms with E-state index < -0.39 is 0 Å². The summed E-state index contributed by atoms with van der Waals surface area (Å²) in [5, 5.41) is 24.4. The van der Waals surface area contributed by atoms with Gasteiger partial charge in [-0.15, -0.1) is 0 Å². The summed E-state index contributed by atoms with van der Waals surface area (Å²) in [6, 6.07) is 108. The van der Waals surface area contributed by atoms with Crippen molar-refractivity contribution >= 4 is 185 Å². The van der Waals surface area contributed by atoms with Crippen LogP contribution in [0.15, 0.2) is 304 Å². The van der Waals surface area contributed by atoms with Crippen LogP contribution in [0.5, 0.6) is 0 Å². The summed E-state index contributed by atoms with van der Waals surface area (Å²) in [6.45, 7) is 0. The van der Waals surface area contributed by atoms with Crippen molar-refractivity contribution in [2.24, 2.45) is 0 Å². The zero-order valence-corrected chi connectivity index (χ0v) is 52.4. The fourth-order valence-electron chi connectivity index (χ4n) is 18.0. The smallest absolute Gasteiger partial charge is 0.145 e. The molecule has 0 radical (unpaired) electrons. The summed E-state index contributed by atoms with van der Waals surface area (Å²) in [6.07, 6.45) is 4.01. The second-order valence-corrected chi connectivity index (χ2v) is 26.9. The fourth-order valence-corrected chi connectivity index (χ4v) is 18.0. The molecule has 0 aliphatic rings. The van der Waals surface area contributed by atoms with Crippen molar-refractivity contribution < 1.29 is 0 Å². The number of hydrogen-bond donors (Lipinski definition) is 0. The van der Waals surface area contributed by atoms with Gasteiger partial charge in [0.15, 0.2) is 0 Å². The highest BCUT2D eigenvalue weighted by molar-refractivity contribution is 6.37. The van der Waals surface area contributed by atoms with Crippen molar-refractivity contribution in [2.75, 3.05) is 0 Å². The summed E-state index contributed by atoms with van der Waals surface area (Å²) in [4.78, 5) is 10.5. The van der Waals surface area contributed by atoms with Gasteiger partial charge in [-0.2, -0.15) is 0 Å². The van der Waals surface area contributed by atoms with Gasteiger partial charge in [0.2, 0.25) is 0 Å². The van der Waals surface area contributed by atoms with Crippen molar-refractivity contribution in [1.29, 1.82) is 0 Å². The summed E-state index contributed by atoms with van der Waals surface area (Å²) in [5.74, 6) is 0.890. The van der Waals surface area contributed by atoms with E-state index in [9.17, 15) is 0 Å². The Bertz CT molecular complexity index is 7660. The summed E-state index contributed by atoms with van der Waals surface area (Å²) in [5.41, 5.74) is 21.9. The Balaban J connectivity index is 0.680. The molecule has 0 aliphatic heterocycles. The number of rotatable bonds is 5. The quantitative estimate of drug-likeness (QED) is 0.172. The van der Waals surface area contributed by atoms with Gasteiger partial charge in [-0.3, -0.25) is 9.13 Å². The third-order valence-corrected chi connectivity index (χ3v) is 22.0. The molecule has 14 aromatic carbocycles. The van der Waals surface area contributed by atoms with E-state index in [4.69, 9.17) is 9.97 Å². The lowest BCUT2D eigenvalue weighted by molar-refractivity contribution is 1.08. The predicted molar refractivity (Wildman–Crippen MR) is 409 cm³/mol. The number of hydrogen-bond acceptors (Lipinski definition) is 2. The fraction of sp³-hybridized carbons (Fsp3) is 0. The molecule has 0 aliphatic carbocycles. The molecule has 98 heavy (non-hydrogen) atoms. The van der Waals surface area contributed by atoms with Gasteiger partial charge in [-0.05, 0) is 166 Å². The molecule has 8 nitrogen and oxygen atoms in total. The molecule has 0 spiro atoms. The van der Waals surface area contributed by atoms with Crippen LogP contribution in [0.4, 0.5) is 0 Å². The average Bonchev–Trinajstić information content (AvgIpc) is 1.52. The van der Waals surface area contributed by atoms with Gasteiger partial charge < -0.3 is 17.9 Å². The summed E-state index contributed by atoms with van der Waals surface area (Å²) < 4.78 is 14.7. The zero-order valence-electron chi connectivity index (χ0n) is 52.4. The van der Waals surface area contributed by atoms with Crippen LogP contribution in [-0.4, -0.2) is 37.0 Å². The number of benzene rings is 14. The predicted octanol–water partition coefficient (Wildman–Crippen LogP) is 23.1. The first-order valence-electron chi connectivity index (χ1n) is 33.7. The molecule has 24 aromatic rings. The minimum absolute atomic E-state index is 0.890. The molecule has 8 heteroatoms. The summed E-state index contributed by atoms with van der Waals surface area (Å²) in [7, 11) is 0. The van der Waals surface area contributed by atoms with Crippen molar-refractivity contribution in [3.63, 3.8) is 0 Å². The Morgan fingerprint density at radius 3 is 1.33 bits per heavy atom. The minimum atomic E-state index is 0.890. The highest BCUT2D eigenvalue weighted by Crippen LogP contribution is 2.51. The summed E-state index contributed by atoms with van der Waals surface area (Å²) >= 11 is 0. The molecule has 10 aromatic heterocycles. The molecule has 450 valence electrons. The lowest BCUT2D eigenvalue weighted by atomic mass is 9.99. The highest BCUT2D eigenvalue weighted by atomic mass is 15.1. The third kappa shape index (κ3) is 6.44. The van der Waals surface area contributed by atoms with Crippen LogP contribution >= 0.6 is 0 Å². The topological polar surface area (TPSA) is 54.3 Å². The van der Waals surface area contributed by atoms with Gasteiger partial charge >= 0.3 is 0 Å². The maximum absolute atomic E-state index is 5.53. The number of nitrogens with zero attached hydrogens (tertiary/aromatic N) is 8. The maximum Gasteiger partial charge on any atom is 0.145 e. The van der Waals surface area contributed by atoms with Crippen LogP contribution < -0.4 is 0 Å². The van der Waals surface area contributed by atoms with E-state index in [0.29, 0.717) is 0 Å². The van der Waals surface area contributed by atoms with Gasteiger partial charge in [0, 0.05) is 109 Å². The van der Waals surface area contributed by atoms with E-state index in [0.717, 1.165) is 72.3 Å². The molecule has 0 bridgehead atoms. The second-order valence-electron chi connectivity index (χ2n) is 26.9. The van der Waals surface area contributed by atoms with Crippen LogP contribution in [0.1, 0.15) is 0 Å². The Morgan fingerprint density at radius 1 is 0.214 bits per heavy atom. The SMILES string of the molecule is c1ccc(-n2c3ccc(-n4c5ccccc5c5cc6c7cc(-c8ccc(-n9c%10ccccc%10c%10cc(-n%11c%12ccccc%12c%12cc%13c%14ccccc%14n%14c%15cc%16ccccc%16cc%15c(c%12%11)c%13%14)ncc%109)cc8)ccc7n7c8cc9ccccc9cc8c(c54)c67)cc3c3cccnc32)cc1. The van der Waals surface area contributed by atoms with E-state index in [-0.39, 0.29) is 0 Å². The van der Waals surface area contributed by atoms with Crippen molar-refractivity contribution in [2.45, 2.75) is 0 Å². The van der Waals surface area contributed by atoms with E-state index >= 15 is 0 Å². The molecule has 0 saturated carbocycles. The number of pyridine rings is 2. The Morgan fingerprint density at radius 2 is 0.663 bits per heavy atom. The molecular formula is C90H50N8. The van der Waals surface area contributed by atoms with Crippen LogP contribution in [0.2, 0.25) is 0 Å². The Labute approximate surface area is 556 Å². The van der Waals surface area contributed by atoms with Gasteiger partial charge in [0.05, 0.1) is 77.9 Å². The minimum Gasteiger partial charge on any atom is -0.309 e. The lowest BCUT2D eigenvalue weighted by Gasteiger charge is -2.11. The Kier molecular flexibility index (Phi) is 9.57. The van der Waals surface area contributed by atoms with Gasteiger partial charge in [0.25, 0.3) is 0 Å². The molecule has 0 N–H and O–H groups in total. The van der Waals surface area contributed by atoms with Crippen LogP contribution in [-0.2, 0) is 0 Å². The molecule has 0 amide bonds. The lowest BCUT2D eigenvalue weighted by Crippen LogP contribution is -1.99. The van der Waals surface area contributed by atoms with Crippen molar-refractivity contribution in [1.82, 2.24) is 37.0 Å². The molecule has 10 heterocycles. The zero-order chi connectivity index (χ0) is 63.3. The van der Waals surface area contributed by atoms with E-state index in [1.165, 1.54) is 147 Å². The Hall–Kier alpha value is -13.3. The van der Waals surface area contributed by atoms with Gasteiger partial charge in [0.1, 0.15) is 11.5 Å². The van der Waals surface area contributed by atoms with Crippen molar-refractivity contribution in [3.05, 3.63) is 304 Å². The van der Waals surface area contributed by atoms with Gasteiger partial charge in [-0.1, -0.05) is 158 Å².